The number of anilines is 2. The van der Waals surface area contributed by atoms with Crippen LogP contribution in [-0.4, -0.2) is 25.5 Å². The fourth-order valence-corrected chi connectivity index (χ4v) is 5.39. The van der Waals surface area contributed by atoms with E-state index in [9.17, 15) is 9.59 Å². The molecule has 0 bridgehead atoms. The summed E-state index contributed by atoms with van der Waals surface area (Å²) in [4.78, 5) is 27.3. The molecule has 0 saturated heterocycles. The number of carbonyl (C=O) groups is 2. The van der Waals surface area contributed by atoms with E-state index in [2.05, 4.69) is 16.0 Å². The Labute approximate surface area is 198 Å². The number of benzene rings is 2. The van der Waals surface area contributed by atoms with Gasteiger partial charge < -0.3 is 20.7 Å². The van der Waals surface area contributed by atoms with Crippen LogP contribution in [0.2, 0.25) is 0 Å². The summed E-state index contributed by atoms with van der Waals surface area (Å²) in [5.41, 5.74) is 3.38. The minimum Gasteiger partial charge on any atom is -0.495 e. The van der Waals surface area contributed by atoms with Gasteiger partial charge in [0, 0.05) is 11.4 Å². The third-order valence-corrected chi connectivity index (χ3v) is 6.92. The molecule has 4 rings (SSSR count). The van der Waals surface area contributed by atoms with Gasteiger partial charge >= 0.3 is 0 Å². The largest absolute Gasteiger partial charge is 0.495 e. The van der Waals surface area contributed by atoms with E-state index in [-0.39, 0.29) is 18.4 Å². The fraction of sp³-hybridized carbons (Fsp3) is 0.308. The van der Waals surface area contributed by atoms with E-state index in [4.69, 9.17) is 4.74 Å². The normalized spacial score (nSPS) is 13.0. The molecule has 1 heterocycles. The maximum Gasteiger partial charge on any atom is 0.259 e. The van der Waals surface area contributed by atoms with Crippen LogP contribution in [0.4, 0.5) is 10.7 Å². The van der Waals surface area contributed by atoms with Gasteiger partial charge in [0.2, 0.25) is 5.91 Å². The Morgan fingerprint density at radius 2 is 1.70 bits per heavy atom. The summed E-state index contributed by atoms with van der Waals surface area (Å²) < 4.78 is 5.38. The molecule has 6 nitrogen and oxygen atoms in total. The first-order valence-electron chi connectivity index (χ1n) is 11.3. The van der Waals surface area contributed by atoms with Crippen molar-refractivity contribution in [1.29, 1.82) is 0 Å². The van der Waals surface area contributed by atoms with Crippen molar-refractivity contribution >= 4 is 33.8 Å². The maximum absolute atomic E-state index is 13.4. The summed E-state index contributed by atoms with van der Waals surface area (Å²) in [7, 11) is 1.58. The highest BCUT2D eigenvalue weighted by atomic mass is 32.1. The van der Waals surface area contributed by atoms with E-state index >= 15 is 0 Å². The molecule has 2 amide bonds. The predicted octanol–water partition coefficient (Wildman–Crippen LogP) is 5.01. The van der Waals surface area contributed by atoms with Gasteiger partial charge in [0.15, 0.2) is 0 Å². The lowest BCUT2D eigenvalue weighted by atomic mass is 10.0. The van der Waals surface area contributed by atoms with Gasteiger partial charge in [-0.3, -0.25) is 9.59 Å². The lowest BCUT2D eigenvalue weighted by molar-refractivity contribution is -0.115. The maximum atomic E-state index is 13.4. The minimum absolute atomic E-state index is 0.159. The Kier molecular flexibility index (Phi) is 7.75. The molecule has 0 fully saturated rings. The first-order chi connectivity index (χ1) is 16.2. The van der Waals surface area contributed by atoms with E-state index < -0.39 is 0 Å². The topological polar surface area (TPSA) is 79.5 Å². The van der Waals surface area contributed by atoms with Crippen molar-refractivity contribution in [3.63, 3.8) is 0 Å². The molecule has 0 saturated carbocycles. The predicted molar refractivity (Wildman–Crippen MR) is 133 cm³/mol. The lowest BCUT2D eigenvalue weighted by Gasteiger charge is -2.12. The molecule has 1 aliphatic rings. The van der Waals surface area contributed by atoms with Gasteiger partial charge in [0.1, 0.15) is 10.8 Å². The van der Waals surface area contributed by atoms with Gasteiger partial charge in [-0.2, -0.15) is 0 Å². The molecule has 2 aromatic carbocycles. The number of aryl methyl sites for hydroxylation is 1. The number of nitrogens with one attached hydrogen (secondary N) is 3. The third kappa shape index (κ3) is 5.80. The summed E-state index contributed by atoms with van der Waals surface area (Å²) in [6, 6.07) is 17.3. The van der Waals surface area contributed by atoms with Gasteiger partial charge in [0.05, 0.1) is 24.9 Å². The second kappa shape index (κ2) is 11.1. The molecule has 172 valence electrons. The zero-order valence-corrected chi connectivity index (χ0v) is 19.6. The van der Waals surface area contributed by atoms with Crippen LogP contribution in [0, 0.1) is 0 Å². The molecule has 0 unspecified atom stereocenters. The molecular weight excluding hydrogens is 434 g/mol. The van der Waals surface area contributed by atoms with Crippen molar-refractivity contribution in [2.45, 2.75) is 38.6 Å². The van der Waals surface area contributed by atoms with Crippen LogP contribution in [-0.2, 0) is 24.2 Å². The zero-order valence-electron chi connectivity index (χ0n) is 18.8. The molecule has 0 spiro atoms. The number of carbonyl (C=O) groups excluding carboxylic acids is 2. The van der Waals surface area contributed by atoms with Gasteiger partial charge in [-0.25, -0.2) is 0 Å². The van der Waals surface area contributed by atoms with Crippen molar-refractivity contribution in [3.05, 3.63) is 76.2 Å². The highest BCUT2D eigenvalue weighted by Gasteiger charge is 2.26. The highest BCUT2D eigenvalue weighted by molar-refractivity contribution is 7.17. The van der Waals surface area contributed by atoms with Crippen molar-refractivity contribution < 1.29 is 14.3 Å². The average Bonchev–Trinajstić information content (AvgIpc) is 3.00. The number of methoxy groups -OCH3 is 1. The Morgan fingerprint density at radius 3 is 2.52 bits per heavy atom. The van der Waals surface area contributed by atoms with Crippen molar-refractivity contribution in [2.24, 2.45) is 0 Å². The van der Waals surface area contributed by atoms with Gasteiger partial charge in [-0.1, -0.05) is 48.9 Å². The summed E-state index contributed by atoms with van der Waals surface area (Å²) in [6.07, 6.45) is 5.09. The quantitative estimate of drug-likeness (QED) is 0.411. The van der Waals surface area contributed by atoms with Gasteiger partial charge in [-0.05, 0) is 48.9 Å². The number of ether oxygens (including phenoxy) is 1. The summed E-state index contributed by atoms with van der Waals surface area (Å²) >= 11 is 1.53. The van der Waals surface area contributed by atoms with Crippen LogP contribution in [0.5, 0.6) is 5.75 Å². The summed E-state index contributed by atoms with van der Waals surface area (Å²) in [5.74, 6) is 0.225. The smallest absolute Gasteiger partial charge is 0.259 e. The average molecular weight is 464 g/mol. The van der Waals surface area contributed by atoms with Crippen molar-refractivity contribution in [3.8, 4) is 5.75 Å². The first kappa shape index (κ1) is 23.0. The molecule has 0 aliphatic heterocycles. The Hall–Kier alpha value is -3.16. The number of rotatable bonds is 8. The molecule has 7 heteroatoms. The molecule has 33 heavy (non-hydrogen) atoms. The molecule has 3 N–H and O–H groups in total. The van der Waals surface area contributed by atoms with Gasteiger partial charge in [0.25, 0.3) is 5.91 Å². The monoisotopic (exact) mass is 463 g/mol. The highest BCUT2D eigenvalue weighted by Crippen LogP contribution is 2.38. The number of para-hydroxylation sites is 2. The Morgan fingerprint density at radius 1 is 0.939 bits per heavy atom. The van der Waals surface area contributed by atoms with Gasteiger partial charge in [-0.15, -0.1) is 11.3 Å². The molecule has 0 radical (unpaired) electrons. The Bertz CT molecular complexity index is 1110. The van der Waals surface area contributed by atoms with Crippen LogP contribution in [0.3, 0.4) is 0 Å². The van der Waals surface area contributed by atoms with Crippen molar-refractivity contribution in [2.75, 3.05) is 24.3 Å². The van der Waals surface area contributed by atoms with Crippen LogP contribution < -0.4 is 20.7 Å². The number of thiophene rings is 1. The SMILES string of the molecule is COc1ccccc1NC(=O)c1c(NC(=O)CNCc2ccccc2)sc2c1CCCCC2. The molecule has 0 atom stereocenters. The van der Waals surface area contributed by atoms with Crippen molar-refractivity contribution in [1.82, 2.24) is 5.32 Å². The van der Waals surface area contributed by atoms with E-state index in [1.165, 1.54) is 16.2 Å². The number of hydrogen-bond donors (Lipinski definition) is 3. The second-order valence-corrected chi connectivity index (χ2v) is 9.17. The van der Waals surface area contributed by atoms with Crippen LogP contribution >= 0.6 is 11.3 Å². The lowest BCUT2D eigenvalue weighted by Crippen LogP contribution is -2.28. The van der Waals surface area contributed by atoms with E-state index in [0.717, 1.165) is 43.2 Å². The number of fused-ring (bicyclic) bond motifs is 1. The minimum atomic E-state index is -0.216. The number of amides is 2. The Balaban J connectivity index is 1.51. The zero-order chi connectivity index (χ0) is 23.0. The van der Waals surface area contributed by atoms with Crippen LogP contribution in [0.25, 0.3) is 0 Å². The number of hydrogen-bond acceptors (Lipinski definition) is 5. The molecular formula is C26H29N3O3S. The fourth-order valence-electron chi connectivity index (χ4n) is 4.09. The van der Waals surface area contributed by atoms with E-state index in [1.807, 2.05) is 54.6 Å². The second-order valence-electron chi connectivity index (χ2n) is 8.06. The summed E-state index contributed by atoms with van der Waals surface area (Å²) in [5, 5.41) is 9.78. The first-order valence-corrected chi connectivity index (χ1v) is 12.1. The van der Waals surface area contributed by atoms with Crippen LogP contribution in [0.15, 0.2) is 54.6 Å². The summed E-state index contributed by atoms with van der Waals surface area (Å²) in [6.45, 7) is 0.779. The molecule has 1 aromatic heterocycles. The molecule has 3 aromatic rings. The molecule has 1 aliphatic carbocycles. The third-order valence-electron chi connectivity index (χ3n) is 5.71. The standard InChI is InChI=1S/C26H29N3O3S/c1-32-21-14-9-8-13-20(21)28-25(31)24-19-12-6-3-7-15-22(19)33-26(24)29-23(30)17-27-16-18-10-4-2-5-11-18/h2,4-5,8-11,13-14,27H,3,6-7,12,15-17H2,1H3,(H,28,31)(H,29,30). The van der Waals surface area contributed by atoms with E-state index in [1.54, 1.807) is 7.11 Å². The van der Waals surface area contributed by atoms with E-state index in [0.29, 0.717) is 28.5 Å². The van der Waals surface area contributed by atoms with Crippen LogP contribution in [0.1, 0.15) is 45.6 Å².